The average molecular weight is 336 g/mol. The van der Waals surface area contributed by atoms with E-state index in [0.29, 0.717) is 17.0 Å². The van der Waals surface area contributed by atoms with Crippen molar-refractivity contribution >= 4 is 9.84 Å². The van der Waals surface area contributed by atoms with E-state index in [9.17, 15) is 13.5 Å². The van der Waals surface area contributed by atoms with Crippen molar-refractivity contribution in [2.24, 2.45) is 0 Å². The van der Waals surface area contributed by atoms with Crippen LogP contribution in [0.15, 0.2) is 29.2 Å². The van der Waals surface area contributed by atoms with Gasteiger partial charge in [0, 0.05) is 5.56 Å². The van der Waals surface area contributed by atoms with Gasteiger partial charge >= 0.3 is 0 Å². The molecule has 0 aliphatic carbocycles. The number of aromatic nitrogens is 2. The fourth-order valence-electron chi connectivity index (χ4n) is 2.43. The Kier molecular flexibility index (Phi) is 4.32. The molecule has 6 heteroatoms. The molecule has 126 valence electrons. The molecule has 0 unspecified atom stereocenters. The summed E-state index contributed by atoms with van der Waals surface area (Å²) < 4.78 is 26.4. The van der Waals surface area contributed by atoms with Gasteiger partial charge in [0.25, 0.3) is 0 Å². The van der Waals surface area contributed by atoms with E-state index in [1.807, 2.05) is 20.8 Å². The van der Waals surface area contributed by atoms with Gasteiger partial charge in [-0.25, -0.2) is 8.42 Å². The van der Waals surface area contributed by atoms with E-state index in [-0.39, 0.29) is 16.2 Å². The molecule has 0 saturated carbocycles. The topological polar surface area (TPSA) is 72.2 Å². The van der Waals surface area contributed by atoms with Crippen LogP contribution in [0.4, 0.5) is 0 Å². The lowest BCUT2D eigenvalue weighted by molar-refractivity contribution is 0.345. The van der Waals surface area contributed by atoms with E-state index in [2.05, 4.69) is 5.10 Å². The third-order valence-electron chi connectivity index (χ3n) is 3.78. The summed E-state index contributed by atoms with van der Waals surface area (Å²) in [6, 6.07) is 6.58. The molecule has 1 heterocycles. The van der Waals surface area contributed by atoms with Gasteiger partial charge in [-0.05, 0) is 53.7 Å². The molecule has 2 aromatic rings. The van der Waals surface area contributed by atoms with Crippen LogP contribution < -0.4 is 0 Å². The minimum absolute atomic E-state index is 0.0824. The number of nitrogens with zero attached hydrogens (tertiary/aromatic N) is 2. The normalized spacial score (nSPS) is 12.8. The van der Waals surface area contributed by atoms with E-state index in [1.165, 1.54) is 0 Å². The van der Waals surface area contributed by atoms with Gasteiger partial charge in [0.15, 0.2) is 15.6 Å². The maximum atomic E-state index is 12.3. The molecule has 23 heavy (non-hydrogen) atoms. The fourth-order valence-corrected chi connectivity index (χ4v) is 3.54. The number of aromatic hydroxyl groups is 1. The number of hydrogen-bond donors (Lipinski definition) is 1. The third kappa shape index (κ3) is 3.13. The fraction of sp³-hybridized carbons (Fsp3) is 0.471. The summed E-state index contributed by atoms with van der Waals surface area (Å²) in [5.41, 5.74) is 1.37. The minimum atomic E-state index is -3.37. The Bertz CT molecular complexity index is 828. The van der Waals surface area contributed by atoms with Crippen LogP contribution in [0.2, 0.25) is 0 Å². The molecule has 1 N–H and O–H groups in total. The Morgan fingerprint density at radius 3 is 2.30 bits per heavy atom. The molecule has 0 amide bonds. The Labute approximate surface area is 137 Å². The molecule has 0 fully saturated rings. The predicted molar refractivity (Wildman–Crippen MR) is 91.4 cm³/mol. The van der Waals surface area contributed by atoms with Crippen molar-refractivity contribution in [1.29, 1.82) is 0 Å². The van der Waals surface area contributed by atoms with Crippen molar-refractivity contribution in [2.45, 2.75) is 57.2 Å². The average Bonchev–Trinajstić information content (AvgIpc) is 2.75. The number of benzene rings is 1. The van der Waals surface area contributed by atoms with Crippen LogP contribution in [0.5, 0.6) is 5.75 Å². The quantitative estimate of drug-likeness (QED) is 0.931. The van der Waals surface area contributed by atoms with Gasteiger partial charge in [0.05, 0.1) is 21.4 Å². The maximum absolute atomic E-state index is 12.3. The van der Waals surface area contributed by atoms with Crippen molar-refractivity contribution in [3.05, 3.63) is 30.0 Å². The standard InChI is InChI=1S/C17H24N2O3S/c1-11(2)23(21,22)14-9-7-8-13(10-14)15-16(20)12(3)19(18-15)17(4,5)6/h7-11,20H,1-6H3. The molecule has 0 atom stereocenters. The smallest absolute Gasteiger partial charge is 0.180 e. The first-order valence-corrected chi connectivity index (χ1v) is 9.14. The second-order valence-corrected chi connectivity index (χ2v) is 9.49. The first-order chi connectivity index (χ1) is 10.5. The van der Waals surface area contributed by atoms with E-state index < -0.39 is 15.1 Å². The number of rotatable bonds is 3. The highest BCUT2D eigenvalue weighted by Crippen LogP contribution is 2.34. The van der Waals surface area contributed by atoms with Gasteiger partial charge in [-0.2, -0.15) is 5.10 Å². The van der Waals surface area contributed by atoms with Crippen LogP contribution in [-0.2, 0) is 15.4 Å². The van der Waals surface area contributed by atoms with Gasteiger partial charge in [-0.15, -0.1) is 0 Å². The van der Waals surface area contributed by atoms with Gasteiger partial charge in [0.1, 0.15) is 5.69 Å². The summed E-state index contributed by atoms with van der Waals surface area (Å²) in [6.07, 6.45) is 0. The maximum Gasteiger partial charge on any atom is 0.180 e. The van der Waals surface area contributed by atoms with Gasteiger partial charge in [-0.1, -0.05) is 12.1 Å². The Balaban J connectivity index is 2.62. The Morgan fingerprint density at radius 2 is 1.83 bits per heavy atom. The zero-order valence-electron chi connectivity index (χ0n) is 14.5. The molecule has 0 spiro atoms. The summed E-state index contributed by atoms with van der Waals surface area (Å²) in [4.78, 5) is 0.243. The largest absolute Gasteiger partial charge is 0.504 e. The molecule has 5 nitrogen and oxygen atoms in total. The van der Waals surface area contributed by atoms with E-state index >= 15 is 0 Å². The SMILES string of the molecule is Cc1c(O)c(-c2cccc(S(=O)(=O)C(C)C)c2)nn1C(C)(C)C. The van der Waals surface area contributed by atoms with Gasteiger partial charge < -0.3 is 5.11 Å². The molecular weight excluding hydrogens is 312 g/mol. The molecular formula is C17H24N2O3S. The van der Waals surface area contributed by atoms with Crippen molar-refractivity contribution in [3.8, 4) is 17.0 Å². The highest BCUT2D eigenvalue weighted by molar-refractivity contribution is 7.92. The minimum Gasteiger partial charge on any atom is -0.504 e. The summed E-state index contributed by atoms with van der Waals surface area (Å²) in [7, 11) is -3.37. The molecule has 0 bridgehead atoms. The molecule has 0 saturated heterocycles. The number of sulfone groups is 1. The second-order valence-electron chi connectivity index (χ2n) is 6.99. The highest BCUT2D eigenvalue weighted by Gasteiger charge is 2.24. The van der Waals surface area contributed by atoms with Crippen molar-refractivity contribution in [2.75, 3.05) is 0 Å². The van der Waals surface area contributed by atoms with Gasteiger partial charge in [0.2, 0.25) is 0 Å². The zero-order valence-corrected chi connectivity index (χ0v) is 15.3. The monoisotopic (exact) mass is 336 g/mol. The molecule has 0 aliphatic rings. The van der Waals surface area contributed by atoms with E-state index in [4.69, 9.17) is 0 Å². The van der Waals surface area contributed by atoms with Crippen LogP contribution in [0.25, 0.3) is 11.3 Å². The van der Waals surface area contributed by atoms with Crippen molar-refractivity contribution in [3.63, 3.8) is 0 Å². The van der Waals surface area contributed by atoms with Crippen LogP contribution in [0.1, 0.15) is 40.3 Å². The van der Waals surface area contributed by atoms with Crippen LogP contribution >= 0.6 is 0 Å². The summed E-state index contributed by atoms with van der Waals surface area (Å²) in [6.45, 7) is 11.1. The van der Waals surface area contributed by atoms with Gasteiger partial charge in [-0.3, -0.25) is 4.68 Å². The lowest BCUT2D eigenvalue weighted by Gasteiger charge is -2.20. The van der Waals surface area contributed by atoms with E-state index in [0.717, 1.165) is 0 Å². The zero-order chi connectivity index (χ0) is 17.6. The molecule has 1 aromatic carbocycles. The summed E-state index contributed by atoms with van der Waals surface area (Å²) in [5, 5.41) is 14.4. The predicted octanol–water partition coefficient (Wildman–Crippen LogP) is 3.50. The highest BCUT2D eigenvalue weighted by atomic mass is 32.2. The summed E-state index contributed by atoms with van der Waals surface area (Å²) in [5.74, 6) is 0.0824. The number of hydrogen-bond acceptors (Lipinski definition) is 4. The van der Waals surface area contributed by atoms with Crippen molar-refractivity contribution < 1.29 is 13.5 Å². The molecule has 0 aliphatic heterocycles. The second kappa shape index (κ2) is 5.67. The van der Waals surface area contributed by atoms with Crippen LogP contribution in [0.3, 0.4) is 0 Å². The molecule has 1 aromatic heterocycles. The Hall–Kier alpha value is -1.82. The lowest BCUT2D eigenvalue weighted by atomic mass is 10.1. The lowest BCUT2D eigenvalue weighted by Crippen LogP contribution is -2.24. The molecule has 0 radical (unpaired) electrons. The van der Waals surface area contributed by atoms with E-state index in [1.54, 1.807) is 49.7 Å². The Morgan fingerprint density at radius 1 is 1.22 bits per heavy atom. The molecule has 2 rings (SSSR count). The van der Waals surface area contributed by atoms with Crippen LogP contribution in [-0.4, -0.2) is 28.6 Å². The first-order valence-electron chi connectivity index (χ1n) is 7.59. The summed E-state index contributed by atoms with van der Waals surface area (Å²) >= 11 is 0. The first kappa shape index (κ1) is 17.5. The van der Waals surface area contributed by atoms with Crippen LogP contribution in [0, 0.1) is 6.92 Å². The van der Waals surface area contributed by atoms with Crippen molar-refractivity contribution in [1.82, 2.24) is 9.78 Å². The third-order valence-corrected chi connectivity index (χ3v) is 5.93.